The normalized spacial score (nSPS) is 10.3. The van der Waals surface area contributed by atoms with Gasteiger partial charge in [-0.1, -0.05) is 6.07 Å². The Morgan fingerprint density at radius 1 is 1.03 bits per heavy atom. The first kappa shape index (κ1) is 23.2. The van der Waals surface area contributed by atoms with Crippen LogP contribution >= 0.6 is 0 Å². The Bertz CT molecular complexity index is 961. The molecule has 2 rings (SSSR count). The lowest BCUT2D eigenvalue weighted by Gasteiger charge is -2.13. The monoisotopic (exact) mass is 428 g/mol. The summed E-state index contributed by atoms with van der Waals surface area (Å²) in [6.07, 6.45) is 1.35. The van der Waals surface area contributed by atoms with Crippen LogP contribution in [0.3, 0.4) is 0 Å². The van der Waals surface area contributed by atoms with E-state index in [-0.39, 0.29) is 12.5 Å². The minimum atomic E-state index is -0.884. The van der Waals surface area contributed by atoms with E-state index in [9.17, 15) is 14.4 Å². The molecule has 0 aromatic heterocycles. The van der Waals surface area contributed by atoms with Crippen LogP contribution in [0.1, 0.15) is 12.5 Å². The van der Waals surface area contributed by atoms with Crippen molar-refractivity contribution in [1.82, 2.24) is 10.7 Å². The zero-order valence-electron chi connectivity index (χ0n) is 17.4. The van der Waals surface area contributed by atoms with Crippen LogP contribution in [0.4, 0.5) is 5.69 Å². The van der Waals surface area contributed by atoms with E-state index in [1.165, 1.54) is 13.3 Å². The quantitative estimate of drug-likeness (QED) is 0.314. The third-order valence-electron chi connectivity index (χ3n) is 3.79. The van der Waals surface area contributed by atoms with Gasteiger partial charge in [-0.2, -0.15) is 5.10 Å². The SMILES string of the molecule is CCOc1cc(/C=N\NC(=O)C(=O)NC)ccc1OCC(=O)Nc1cccc(OC)c1. The predicted molar refractivity (Wildman–Crippen MR) is 115 cm³/mol. The van der Waals surface area contributed by atoms with Crippen LogP contribution in [0.5, 0.6) is 17.2 Å². The maximum Gasteiger partial charge on any atom is 0.329 e. The van der Waals surface area contributed by atoms with Gasteiger partial charge in [0.2, 0.25) is 0 Å². The molecule has 164 valence electrons. The fourth-order valence-corrected chi connectivity index (χ4v) is 2.36. The van der Waals surface area contributed by atoms with Crippen LogP contribution in [0.25, 0.3) is 0 Å². The third kappa shape index (κ3) is 7.35. The van der Waals surface area contributed by atoms with E-state index in [1.54, 1.807) is 49.6 Å². The number of rotatable bonds is 9. The minimum absolute atomic E-state index is 0.229. The molecule has 0 saturated carbocycles. The number of amides is 3. The Kier molecular flexibility index (Phi) is 8.84. The predicted octanol–water partition coefficient (Wildman–Crippen LogP) is 1.31. The number of nitrogens with zero attached hydrogens (tertiary/aromatic N) is 1. The molecule has 10 heteroatoms. The highest BCUT2D eigenvalue weighted by Crippen LogP contribution is 2.28. The first-order valence-corrected chi connectivity index (χ1v) is 9.35. The summed E-state index contributed by atoms with van der Waals surface area (Å²) in [6.45, 7) is 1.96. The van der Waals surface area contributed by atoms with Crippen molar-refractivity contribution in [2.75, 3.05) is 32.7 Å². The van der Waals surface area contributed by atoms with E-state index < -0.39 is 11.8 Å². The Hall–Kier alpha value is -4.08. The molecule has 0 radical (unpaired) electrons. The van der Waals surface area contributed by atoms with Crippen LogP contribution in [0, 0.1) is 0 Å². The second-order valence-corrected chi connectivity index (χ2v) is 5.99. The van der Waals surface area contributed by atoms with E-state index in [0.717, 1.165) is 0 Å². The first-order valence-electron chi connectivity index (χ1n) is 9.35. The molecular formula is C21H24N4O6. The lowest BCUT2D eigenvalue weighted by Crippen LogP contribution is -2.35. The number of anilines is 1. The molecule has 0 spiro atoms. The van der Waals surface area contributed by atoms with Crippen molar-refractivity contribution in [3.05, 3.63) is 48.0 Å². The van der Waals surface area contributed by atoms with Gasteiger partial charge < -0.3 is 24.8 Å². The van der Waals surface area contributed by atoms with Gasteiger partial charge in [0, 0.05) is 18.8 Å². The van der Waals surface area contributed by atoms with E-state index in [4.69, 9.17) is 14.2 Å². The number of carbonyl (C=O) groups is 3. The second-order valence-electron chi connectivity index (χ2n) is 5.99. The summed E-state index contributed by atoms with van der Waals surface area (Å²) >= 11 is 0. The molecule has 0 aliphatic carbocycles. The second kappa shape index (κ2) is 11.8. The summed E-state index contributed by atoms with van der Waals surface area (Å²) in [7, 11) is 2.89. The van der Waals surface area contributed by atoms with E-state index >= 15 is 0 Å². The zero-order valence-corrected chi connectivity index (χ0v) is 17.4. The maximum absolute atomic E-state index is 12.2. The summed E-state index contributed by atoms with van der Waals surface area (Å²) in [6, 6.07) is 11.9. The topological polar surface area (TPSA) is 127 Å². The van der Waals surface area contributed by atoms with E-state index in [1.807, 2.05) is 6.92 Å². The molecule has 0 bridgehead atoms. The Balaban J connectivity index is 1.99. The van der Waals surface area contributed by atoms with Gasteiger partial charge in [-0.3, -0.25) is 14.4 Å². The lowest BCUT2D eigenvalue weighted by atomic mass is 10.2. The highest BCUT2D eigenvalue weighted by atomic mass is 16.5. The van der Waals surface area contributed by atoms with E-state index in [2.05, 4.69) is 21.2 Å². The number of methoxy groups -OCH3 is 1. The number of carbonyl (C=O) groups excluding carboxylic acids is 3. The van der Waals surface area contributed by atoms with Gasteiger partial charge in [0.25, 0.3) is 5.91 Å². The molecule has 0 fully saturated rings. The molecule has 2 aromatic carbocycles. The van der Waals surface area contributed by atoms with Gasteiger partial charge in [0.1, 0.15) is 5.75 Å². The van der Waals surface area contributed by atoms with Crippen molar-refractivity contribution in [3.63, 3.8) is 0 Å². The number of nitrogens with one attached hydrogen (secondary N) is 3. The number of hydrogen-bond acceptors (Lipinski definition) is 7. The van der Waals surface area contributed by atoms with Crippen molar-refractivity contribution in [2.45, 2.75) is 6.92 Å². The van der Waals surface area contributed by atoms with Crippen LogP contribution < -0.4 is 30.3 Å². The zero-order chi connectivity index (χ0) is 22.6. The fourth-order valence-electron chi connectivity index (χ4n) is 2.36. The molecule has 31 heavy (non-hydrogen) atoms. The van der Waals surface area contributed by atoms with Gasteiger partial charge in [-0.05, 0) is 42.8 Å². The molecule has 0 atom stereocenters. The van der Waals surface area contributed by atoms with Gasteiger partial charge in [0.15, 0.2) is 18.1 Å². The largest absolute Gasteiger partial charge is 0.497 e. The molecule has 0 heterocycles. The summed E-state index contributed by atoms with van der Waals surface area (Å²) in [5.74, 6) is -0.638. The molecule has 10 nitrogen and oxygen atoms in total. The van der Waals surface area contributed by atoms with Crippen LogP contribution in [0.2, 0.25) is 0 Å². The van der Waals surface area contributed by atoms with Crippen molar-refractivity contribution < 1.29 is 28.6 Å². The number of likely N-dealkylation sites (N-methyl/N-ethyl adjacent to an activating group) is 1. The summed E-state index contributed by atoms with van der Waals surface area (Å²) in [4.78, 5) is 34.7. The molecule has 0 saturated heterocycles. The molecular weight excluding hydrogens is 404 g/mol. The Labute approximate surface area is 179 Å². The molecule has 3 N–H and O–H groups in total. The summed E-state index contributed by atoms with van der Waals surface area (Å²) in [5, 5.41) is 8.63. The lowest BCUT2D eigenvalue weighted by molar-refractivity contribution is -0.138. The average Bonchev–Trinajstić information content (AvgIpc) is 2.78. The smallest absolute Gasteiger partial charge is 0.329 e. The molecule has 0 unspecified atom stereocenters. The van der Waals surface area contributed by atoms with Gasteiger partial charge in [0.05, 0.1) is 19.9 Å². The molecule has 3 amide bonds. The number of hydrogen-bond donors (Lipinski definition) is 3. The fraction of sp³-hybridized carbons (Fsp3) is 0.238. The maximum atomic E-state index is 12.2. The standard InChI is InChI=1S/C21H24N4O6/c1-4-30-18-10-14(12-23-25-21(28)20(27)22-2)8-9-17(18)31-13-19(26)24-15-6-5-7-16(11-15)29-3/h5-12H,4,13H2,1-3H3,(H,22,27)(H,24,26)(H,25,28)/b23-12-. The molecule has 0 aliphatic rings. The van der Waals surface area contributed by atoms with Crippen LogP contribution in [0.15, 0.2) is 47.6 Å². The minimum Gasteiger partial charge on any atom is -0.497 e. The third-order valence-corrected chi connectivity index (χ3v) is 3.79. The average molecular weight is 428 g/mol. The highest BCUT2D eigenvalue weighted by molar-refractivity contribution is 6.35. The van der Waals surface area contributed by atoms with Crippen LogP contribution in [-0.4, -0.2) is 51.3 Å². The number of ether oxygens (including phenoxy) is 3. The summed E-state index contributed by atoms with van der Waals surface area (Å²) < 4.78 is 16.3. The number of benzene rings is 2. The summed E-state index contributed by atoms with van der Waals surface area (Å²) in [5.41, 5.74) is 3.28. The highest BCUT2D eigenvalue weighted by Gasteiger charge is 2.11. The van der Waals surface area contributed by atoms with E-state index in [0.29, 0.717) is 35.1 Å². The van der Waals surface area contributed by atoms with Crippen molar-refractivity contribution in [1.29, 1.82) is 0 Å². The van der Waals surface area contributed by atoms with Crippen molar-refractivity contribution in [3.8, 4) is 17.2 Å². The van der Waals surface area contributed by atoms with Gasteiger partial charge in [-0.25, -0.2) is 5.43 Å². The van der Waals surface area contributed by atoms with Crippen molar-refractivity contribution in [2.24, 2.45) is 5.10 Å². The number of hydrazone groups is 1. The van der Waals surface area contributed by atoms with Crippen molar-refractivity contribution >= 4 is 29.6 Å². The van der Waals surface area contributed by atoms with Gasteiger partial charge >= 0.3 is 11.8 Å². The van der Waals surface area contributed by atoms with Gasteiger partial charge in [-0.15, -0.1) is 0 Å². The van der Waals surface area contributed by atoms with Crippen LogP contribution in [-0.2, 0) is 14.4 Å². The molecule has 2 aromatic rings. The first-order chi connectivity index (χ1) is 15.0. The Morgan fingerprint density at radius 3 is 2.55 bits per heavy atom. The Morgan fingerprint density at radius 2 is 1.84 bits per heavy atom. The molecule has 0 aliphatic heterocycles.